The minimum atomic E-state index is -2.25. The van der Waals surface area contributed by atoms with E-state index >= 15 is 0 Å². The monoisotopic (exact) mass is 344 g/mol. The van der Waals surface area contributed by atoms with E-state index < -0.39 is 7.26 Å². The second-order valence-electron chi connectivity index (χ2n) is 6.22. The molecule has 0 aliphatic rings. The molecule has 3 aromatic rings. The fraction of sp³-hybridized carbons (Fsp3) is 0.0833. The van der Waals surface area contributed by atoms with Gasteiger partial charge < -0.3 is 0 Å². The third-order valence-electron chi connectivity index (χ3n) is 4.75. The van der Waals surface area contributed by atoms with E-state index in [9.17, 15) is 0 Å². The molecule has 0 aliphatic heterocycles. The average molecular weight is 344 g/mol. The van der Waals surface area contributed by atoms with Crippen LogP contribution < -0.4 is 15.9 Å². The quantitative estimate of drug-likeness (QED) is 0.441. The Morgan fingerprint density at radius 2 is 1.00 bits per heavy atom. The van der Waals surface area contributed by atoms with Gasteiger partial charge in [-0.3, -0.25) is 0 Å². The van der Waals surface area contributed by atoms with Crippen LogP contribution in [-0.4, -0.2) is 0 Å². The van der Waals surface area contributed by atoms with Crippen LogP contribution in [-0.2, 0) is 0 Å². The predicted molar refractivity (Wildman–Crippen MR) is 115 cm³/mol. The van der Waals surface area contributed by atoms with Crippen molar-refractivity contribution in [2.75, 3.05) is 0 Å². The molecule has 0 N–H and O–H groups in total. The molecular weight excluding hydrogens is 319 g/mol. The summed E-state index contributed by atoms with van der Waals surface area (Å²) in [4.78, 5) is 0. The molecular formula is C24H25P. The summed E-state index contributed by atoms with van der Waals surface area (Å²) in [6.07, 6.45) is 6.55. The summed E-state index contributed by atoms with van der Waals surface area (Å²) in [5, 5.41) is 5.70. The van der Waals surface area contributed by atoms with E-state index in [4.69, 9.17) is 0 Å². The Labute approximate surface area is 151 Å². The van der Waals surface area contributed by atoms with Gasteiger partial charge in [0.2, 0.25) is 0 Å². The Kier molecular flexibility index (Phi) is 5.64. The third-order valence-corrected chi connectivity index (χ3v) is 9.70. The van der Waals surface area contributed by atoms with Crippen molar-refractivity contribution in [2.45, 2.75) is 13.8 Å². The molecule has 3 rings (SSSR count). The van der Waals surface area contributed by atoms with Crippen molar-refractivity contribution in [3.05, 3.63) is 115 Å². The van der Waals surface area contributed by atoms with Crippen LogP contribution in [0.15, 0.2) is 115 Å². The van der Waals surface area contributed by atoms with Crippen LogP contribution in [0.2, 0.25) is 0 Å². The normalized spacial score (nSPS) is 13.1. The first-order valence-electron chi connectivity index (χ1n) is 8.76. The van der Waals surface area contributed by atoms with Gasteiger partial charge in [0.15, 0.2) is 0 Å². The second-order valence-corrected chi connectivity index (χ2v) is 10.2. The van der Waals surface area contributed by atoms with Crippen molar-refractivity contribution < 1.29 is 0 Å². The minimum absolute atomic E-state index is 1.42. The van der Waals surface area contributed by atoms with Gasteiger partial charge in [0, 0.05) is 0 Å². The maximum atomic E-state index is 2.29. The zero-order valence-electron chi connectivity index (χ0n) is 14.9. The number of hydrogen-bond acceptors (Lipinski definition) is 0. The number of rotatable bonds is 5. The van der Waals surface area contributed by atoms with Crippen molar-refractivity contribution >= 4 is 23.2 Å². The molecule has 0 saturated heterocycles. The molecule has 0 heterocycles. The summed E-state index contributed by atoms with van der Waals surface area (Å²) in [6, 6.07) is 33.0. The molecule has 0 amide bonds. The first-order chi connectivity index (χ1) is 12.3. The Morgan fingerprint density at radius 3 is 1.32 bits per heavy atom. The van der Waals surface area contributed by atoms with E-state index in [2.05, 4.69) is 123 Å². The first kappa shape index (κ1) is 17.4. The van der Waals surface area contributed by atoms with Crippen molar-refractivity contribution in [3.63, 3.8) is 0 Å². The average Bonchev–Trinajstić information content (AvgIpc) is 2.69. The first-order valence-corrected chi connectivity index (χ1v) is 10.8. The summed E-state index contributed by atoms with van der Waals surface area (Å²) in [7, 11) is -2.25. The van der Waals surface area contributed by atoms with E-state index in [1.54, 1.807) is 0 Å². The zero-order valence-corrected chi connectivity index (χ0v) is 15.9. The number of benzene rings is 3. The zero-order chi connectivity index (χ0) is 17.5. The summed E-state index contributed by atoms with van der Waals surface area (Å²) in [6.45, 7) is 4.36. The van der Waals surface area contributed by atoms with Gasteiger partial charge in [0.05, 0.1) is 0 Å². The molecule has 0 fully saturated rings. The SMILES string of the molecule is C/C=C\C=C(/C)[PH](c1ccccc1)(c1ccccc1)c1ccccc1. The van der Waals surface area contributed by atoms with Gasteiger partial charge in [0.1, 0.15) is 0 Å². The van der Waals surface area contributed by atoms with E-state index in [0.717, 1.165) is 0 Å². The summed E-state index contributed by atoms with van der Waals surface area (Å²) >= 11 is 0. The van der Waals surface area contributed by atoms with Crippen LogP contribution in [0.1, 0.15) is 13.8 Å². The van der Waals surface area contributed by atoms with Gasteiger partial charge in [0.25, 0.3) is 0 Å². The third kappa shape index (κ3) is 3.36. The fourth-order valence-electron chi connectivity index (χ4n) is 3.61. The van der Waals surface area contributed by atoms with Crippen LogP contribution in [0.25, 0.3) is 0 Å². The molecule has 3 aromatic carbocycles. The Bertz CT molecular complexity index is 750. The van der Waals surface area contributed by atoms with Crippen molar-refractivity contribution in [1.29, 1.82) is 0 Å². The molecule has 0 aromatic heterocycles. The molecule has 126 valence electrons. The van der Waals surface area contributed by atoms with Gasteiger partial charge in [-0.2, -0.15) is 0 Å². The fourth-order valence-corrected chi connectivity index (χ4v) is 8.40. The van der Waals surface area contributed by atoms with Gasteiger partial charge in [-0.05, 0) is 0 Å². The summed E-state index contributed by atoms with van der Waals surface area (Å²) in [5.74, 6) is 0. The van der Waals surface area contributed by atoms with Gasteiger partial charge in [-0.25, -0.2) is 0 Å². The molecule has 0 aliphatic carbocycles. The number of hydrogen-bond donors (Lipinski definition) is 0. The van der Waals surface area contributed by atoms with E-state index in [1.165, 1.54) is 21.2 Å². The van der Waals surface area contributed by atoms with Crippen molar-refractivity contribution in [3.8, 4) is 0 Å². The maximum absolute atomic E-state index is 2.29. The molecule has 0 radical (unpaired) electrons. The van der Waals surface area contributed by atoms with Crippen molar-refractivity contribution in [1.82, 2.24) is 0 Å². The van der Waals surface area contributed by atoms with E-state index in [-0.39, 0.29) is 0 Å². The standard InChI is InChI=1S/C24H25P/c1-3-4-14-21(2)25(22-15-8-5-9-16-22,23-17-10-6-11-18-23)24-19-12-7-13-20-24/h3-20,25H,1-2H3/b4-3-,21-14+. The Balaban J connectivity index is 2.40. The topological polar surface area (TPSA) is 0 Å². The van der Waals surface area contributed by atoms with Crippen LogP contribution in [0.4, 0.5) is 0 Å². The van der Waals surface area contributed by atoms with Gasteiger partial charge in [-0.1, -0.05) is 0 Å². The van der Waals surface area contributed by atoms with Crippen LogP contribution in [0.3, 0.4) is 0 Å². The van der Waals surface area contributed by atoms with Crippen molar-refractivity contribution in [2.24, 2.45) is 0 Å². The second kappa shape index (κ2) is 8.10. The molecule has 0 unspecified atom stereocenters. The molecule has 25 heavy (non-hydrogen) atoms. The van der Waals surface area contributed by atoms with E-state index in [1.807, 2.05) is 0 Å². The predicted octanol–water partition coefficient (Wildman–Crippen LogP) is 5.19. The van der Waals surface area contributed by atoms with E-state index in [0.29, 0.717) is 0 Å². The van der Waals surface area contributed by atoms with Crippen LogP contribution >= 0.6 is 7.26 Å². The molecule has 0 spiro atoms. The Morgan fingerprint density at radius 1 is 0.640 bits per heavy atom. The molecule has 0 atom stereocenters. The van der Waals surface area contributed by atoms with Gasteiger partial charge in [-0.15, -0.1) is 0 Å². The van der Waals surface area contributed by atoms with Gasteiger partial charge >= 0.3 is 152 Å². The summed E-state index contributed by atoms with van der Waals surface area (Å²) in [5.41, 5.74) is 0. The van der Waals surface area contributed by atoms with Crippen LogP contribution in [0.5, 0.6) is 0 Å². The molecule has 0 saturated carbocycles. The Hall–Kier alpha value is -2.43. The summed E-state index contributed by atoms with van der Waals surface area (Å²) < 4.78 is 0. The molecule has 0 bridgehead atoms. The van der Waals surface area contributed by atoms with Crippen LogP contribution in [0, 0.1) is 0 Å². The number of allylic oxidation sites excluding steroid dienone is 4. The molecule has 0 nitrogen and oxygen atoms in total. The molecule has 1 heteroatoms.